The van der Waals surface area contributed by atoms with Crippen LogP contribution in [0.25, 0.3) is 6.08 Å². The van der Waals surface area contributed by atoms with E-state index < -0.39 is 10.2 Å². The van der Waals surface area contributed by atoms with E-state index in [4.69, 9.17) is 0 Å². The summed E-state index contributed by atoms with van der Waals surface area (Å²) in [7, 11) is -0.531. The van der Waals surface area contributed by atoms with Crippen LogP contribution in [0, 0.1) is 0 Å². The van der Waals surface area contributed by atoms with Gasteiger partial charge in [-0.3, -0.25) is 13.4 Å². The minimum absolute atomic E-state index is 0.282. The molecule has 0 saturated carbocycles. The molecule has 1 aliphatic heterocycles. The highest BCUT2D eigenvalue weighted by Gasteiger charge is 2.35. The Morgan fingerprint density at radius 3 is 2.38 bits per heavy atom. The van der Waals surface area contributed by atoms with E-state index in [1.54, 1.807) is 24.3 Å². The van der Waals surface area contributed by atoms with Gasteiger partial charge in [0.05, 0.1) is 11.4 Å². The maximum Gasteiger partial charge on any atom is 0.326 e. The lowest BCUT2D eigenvalue weighted by Crippen LogP contribution is -2.32. The largest absolute Gasteiger partial charge is 0.326 e. The number of anilines is 3. The summed E-state index contributed by atoms with van der Waals surface area (Å²) in [5, 5.41) is 2.74. The zero-order chi connectivity index (χ0) is 17.3. The molecule has 0 fully saturated rings. The number of nitrogens with one attached hydrogen (secondary N) is 1. The molecular formula is C17H17N3O3S. The lowest BCUT2D eigenvalue weighted by molar-refractivity contribution is -0.111. The predicted molar refractivity (Wildman–Crippen MR) is 96.3 cm³/mol. The summed E-state index contributed by atoms with van der Waals surface area (Å²) in [6.07, 6.45) is 3.15. The molecule has 124 valence electrons. The first kappa shape index (κ1) is 16.1. The molecule has 24 heavy (non-hydrogen) atoms. The number of carbonyl (C=O) groups excluding carboxylic acids is 1. The van der Waals surface area contributed by atoms with Crippen molar-refractivity contribution in [1.29, 1.82) is 0 Å². The Morgan fingerprint density at radius 2 is 1.67 bits per heavy atom. The van der Waals surface area contributed by atoms with Crippen LogP contribution in [0.1, 0.15) is 5.56 Å². The molecule has 6 nitrogen and oxygen atoms in total. The van der Waals surface area contributed by atoms with Crippen molar-refractivity contribution in [2.45, 2.75) is 0 Å². The van der Waals surface area contributed by atoms with Crippen molar-refractivity contribution in [1.82, 2.24) is 0 Å². The van der Waals surface area contributed by atoms with Crippen LogP contribution >= 0.6 is 0 Å². The summed E-state index contributed by atoms with van der Waals surface area (Å²) in [5.74, 6) is -0.282. The molecule has 0 radical (unpaired) electrons. The van der Waals surface area contributed by atoms with Gasteiger partial charge >= 0.3 is 10.2 Å². The van der Waals surface area contributed by atoms with E-state index in [9.17, 15) is 13.2 Å². The van der Waals surface area contributed by atoms with Crippen molar-refractivity contribution >= 4 is 39.3 Å². The van der Waals surface area contributed by atoms with Crippen LogP contribution < -0.4 is 13.9 Å². The Hall–Kier alpha value is -2.80. The monoisotopic (exact) mass is 343 g/mol. The topological polar surface area (TPSA) is 69.7 Å². The lowest BCUT2D eigenvalue weighted by atomic mass is 10.2. The number of hydrogen-bond donors (Lipinski definition) is 1. The molecule has 1 aliphatic rings. The molecule has 0 bridgehead atoms. The smallest absolute Gasteiger partial charge is 0.322 e. The Kier molecular flexibility index (Phi) is 4.02. The summed E-state index contributed by atoms with van der Waals surface area (Å²) in [6.45, 7) is 0. The maximum absolute atomic E-state index is 12.1. The van der Waals surface area contributed by atoms with Gasteiger partial charge in [0.2, 0.25) is 5.91 Å². The highest BCUT2D eigenvalue weighted by Crippen LogP contribution is 2.40. The quantitative estimate of drug-likeness (QED) is 0.871. The van der Waals surface area contributed by atoms with Gasteiger partial charge < -0.3 is 5.32 Å². The lowest BCUT2D eigenvalue weighted by Gasteiger charge is -2.13. The van der Waals surface area contributed by atoms with Crippen LogP contribution in [-0.4, -0.2) is 28.4 Å². The molecule has 1 heterocycles. The highest BCUT2D eigenvalue weighted by atomic mass is 32.2. The summed E-state index contributed by atoms with van der Waals surface area (Å²) in [4.78, 5) is 12.0. The Balaban J connectivity index is 1.77. The molecule has 0 atom stereocenters. The normalized spacial score (nSPS) is 15.6. The van der Waals surface area contributed by atoms with Crippen molar-refractivity contribution in [3.8, 4) is 0 Å². The van der Waals surface area contributed by atoms with E-state index in [1.807, 2.05) is 30.3 Å². The molecule has 2 aromatic rings. The third-order valence-corrected chi connectivity index (χ3v) is 5.62. The molecule has 7 heteroatoms. The van der Waals surface area contributed by atoms with Crippen molar-refractivity contribution in [2.75, 3.05) is 28.0 Å². The van der Waals surface area contributed by atoms with Crippen LogP contribution in [0.5, 0.6) is 0 Å². The zero-order valence-corrected chi connectivity index (χ0v) is 14.1. The van der Waals surface area contributed by atoms with Gasteiger partial charge in [0, 0.05) is 25.9 Å². The van der Waals surface area contributed by atoms with Crippen LogP contribution in [0.4, 0.5) is 17.1 Å². The number of nitrogens with zero attached hydrogens (tertiary/aromatic N) is 2. The van der Waals surface area contributed by atoms with E-state index in [0.29, 0.717) is 17.1 Å². The van der Waals surface area contributed by atoms with Gasteiger partial charge in [-0.05, 0) is 29.8 Å². The van der Waals surface area contributed by atoms with Gasteiger partial charge in [0.1, 0.15) is 0 Å². The van der Waals surface area contributed by atoms with Crippen LogP contribution in [0.15, 0.2) is 54.6 Å². The van der Waals surface area contributed by atoms with Crippen molar-refractivity contribution in [2.24, 2.45) is 0 Å². The minimum atomic E-state index is -3.51. The molecule has 1 amide bonds. The first-order chi connectivity index (χ1) is 11.4. The van der Waals surface area contributed by atoms with Gasteiger partial charge in [0.15, 0.2) is 0 Å². The fraction of sp³-hybridized carbons (Fsp3) is 0.118. The first-order valence-electron chi connectivity index (χ1n) is 7.30. The summed E-state index contributed by atoms with van der Waals surface area (Å²) < 4.78 is 26.6. The number of rotatable bonds is 3. The molecule has 1 N–H and O–H groups in total. The zero-order valence-electron chi connectivity index (χ0n) is 13.3. The maximum atomic E-state index is 12.1. The average Bonchev–Trinajstić information content (AvgIpc) is 2.75. The first-order valence-corrected chi connectivity index (χ1v) is 8.70. The third-order valence-electron chi connectivity index (χ3n) is 3.84. The number of amides is 1. The standard InChI is InChI=1S/C17H17N3O3S/c1-19-15-10-9-14(12-16(15)20(2)24(19,22)23)18-17(21)11-8-13-6-4-3-5-7-13/h3-12H,1-2H3,(H,18,21)/b11-8+. The summed E-state index contributed by atoms with van der Waals surface area (Å²) in [6, 6.07) is 14.5. The average molecular weight is 343 g/mol. The minimum Gasteiger partial charge on any atom is -0.322 e. The molecule has 0 aromatic heterocycles. The number of benzene rings is 2. The second-order valence-electron chi connectivity index (χ2n) is 5.38. The van der Waals surface area contributed by atoms with Crippen LogP contribution in [-0.2, 0) is 15.0 Å². The fourth-order valence-corrected chi connectivity index (χ4v) is 3.64. The second kappa shape index (κ2) is 6.01. The molecule has 0 aliphatic carbocycles. The molecule has 3 rings (SSSR count). The number of carbonyl (C=O) groups is 1. The van der Waals surface area contributed by atoms with E-state index in [0.717, 1.165) is 5.56 Å². The summed E-state index contributed by atoms with van der Waals surface area (Å²) in [5.41, 5.74) is 2.57. The highest BCUT2D eigenvalue weighted by molar-refractivity contribution is 7.94. The fourth-order valence-electron chi connectivity index (χ4n) is 2.47. The van der Waals surface area contributed by atoms with Crippen molar-refractivity contribution < 1.29 is 13.2 Å². The number of fused-ring (bicyclic) bond motifs is 1. The third kappa shape index (κ3) is 2.85. The molecule has 0 spiro atoms. The molecular weight excluding hydrogens is 326 g/mol. The number of hydrogen-bond acceptors (Lipinski definition) is 3. The van der Waals surface area contributed by atoms with Gasteiger partial charge in [-0.25, -0.2) is 0 Å². The van der Waals surface area contributed by atoms with Crippen molar-refractivity contribution in [3.05, 3.63) is 60.2 Å². The Labute approximate surface area is 141 Å². The molecule has 0 unspecified atom stereocenters. The van der Waals surface area contributed by atoms with Gasteiger partial charge in [0.25, 0.3) is 0 Å². The van der Waals surface area contributed by atoms with Gasteiger partial charge in [-0.2, -0.15) is 8.42 Å². The van der Waals surface area contributed by atoms with E-state index in [2.05, 4.69) is 5.32 Å². The predicted octanol–water partition coefficient (Wildman–Crippen LogP) is 2.47. The van der Waals surface area contributed by atoms with Crippen LogP contribution in [0.2, 0.25) is 0 Å². The van der Waals surface area contributed by atoms with E-state index in [-0.39, 0.29) is 5.91 Å². The van der Waals surface area contributed by atoms with Gasteiger partial charge in [-0.15, -0.1) is 0 Å². The Bertz CT molecular complexity index is 908. The second-order valence-corrected chi connectivity index (χ2v) is 7.37. The van der Waals surface area contributed by atoms with E-state index >= 15 is 0 Å². The van der Waals surface area contributed by atoms with Crippen molar-refractivity contribution in [3.63, 3.8) is 0 Å². The molecule has 2 aromatic carbocycles. The van der Waals surface area contributed by atoms with E-state index in [1.165, 1.54) is 28.8 Å². The van der Waals surface area contributed by atoms with Crippen LogP contribution in [0.3, 0.4) is 0 Å². The molecule has 0 saturated heterocycles. The summed E-state index contributed by atoms with van der Waals surface area (Å²) >= 11 is 0. The SMILES string of the molecule is CN1c2ccc(NC(=O)/C=C/c3ccccc3)cc2N(C)S1(=O)=O. The Morgan fingerprint density at radius 1 is 1.00 bits per heavy atom. The van der Waals surface area contributed by atoms with Gasteiger partial charge in [-0.1, -0.05) is 30.3 Å².